The average molecular weight is 315 g/mol. The van der Waals surface area contributed by atoms with Crippen LogP contribution < -0.4 is 15.0 Å². The van der Waals surface area contributed by atoms with Crippen molar-refractivity contribution >= 4 is 28.4 Å². The lowest BCUT2D eigenvalue weighted by molar-refractivity contribution is 0.355. The fourth-order valence-electron chi connectivity index (χ4n) is 2.00. The molecule has 6 nitrogen and oxygen atoms in total. The largest absolute Gasteiger partial charge is 0.493 e. The highest BCUT2D eigenvalue weighted by Crippen LogP contribution is 2.28. The summed E-state index contributed by atoms with van der Waals surface area (Å²) in [6, 6.07) is 7.03. The van der Waals surface area contributed by atoms with Gasteiger partial charge in [0.1, 0.15) is 5.51 Å². The van der Waals surface area contributed by atoms with Crippen LogP contribution in [-0.2, 0) is 0 Å². The molecule has 0 spiro atoms. The topological polar surface area (TPSA) is 65.7 Å². The maximum atomic E-state index is 11.9. The highest BCUT2D eigenvalue weighted by atomic mass is 32.1. The lowest BCUT2D eigenvalue weighted by Crippen LogP contribution is -2.13. The molecule has 0 aliphatic rings. The van der Waals surface area contributed by atoms with Crippen molar-refractivity contribution in [2.24, 2.45) is 0 Å². The molecular formula is C15H13N3O3S. The number of hydrogen-bond acceptors (Lipinski definition) is 6. The molecule has 1 aromatic carbocycles. The summed E-state index contributed by atoms with van der Waals surface area (Å²) in [5, 5.41) is 3.93. The number of aromatic nitrogens is 3. The first-order valence-corrected chi connectivity index (χ1v) is 7.33. The smallest absolute Gasteiger partial charge is 0.275 e. The molecular weight excluding hydrogens is 302 g/mol. The number of benzene rings is 1. The number of fused-ring (bicyclic) bond motifs is 1. The molecule has 2 aromatic heterocycles. The predicted octanol–water partition coefficient (Wildman–Crippen LogP) is 2.34. The maximum Gasteiger partial charge on any atom is 0.275 e. The van der Waals surface area contributed by atoms with E-state index in [9.17, 15) is 4.79 Å². The van der Waals surface area contributed by atoms with Crippen molar-refractivity contribution in [3.8, 4) is 11.5 Å². The van der Waals surface area contributed by atoms with Gasteiger partial charge in [0.25, 0.3) is 5.56 Å². The van der Waals surface area contributed by atoms with Crippen LogP contribution in [0.3, 0.4) is 0 Å². The Morgan fingerprint density at radius 1 is 1.14 bits per heavy atom. The minimum absolute atomic E-state index is 0.196. The second kappa shape index (κ2) is 5.98. The normalized spacial score (nSPS) is 11.2. The molecule has 7 heteroatoms. The van der Waals surface area contributed by atoms with Gasteiger partial charge in [-0.05, 0) is 23.8 Å². The van der Waals surface area contributed by atoms with Gasteiger partial charge in [-0.25, -0.2) is 4.98 Å². The van der Waals surface area contributed by atoms with E-state index in [1.165, 1.54) is 21.9 Å². The van der Waals surface area contributed by atoms with E-state index in [0.717, 1.165) is 5.56 Å². The third-order valence-electron chi connectivity index (χ3n) is 3.06. The van der Waals surface area contributed by atoms with Gasteiger partial charge in [0.2, 0.25) is 4.96 Å². The number of nitrogens with zero attached hydrogens (tertiary/aromatic N) is 3. The molecule has 0 aliphatic heterocycles. The van der Waals surface area contributed by atoms with E-state index in [1.807, 2.05) is 24.3 Å². The summed E-state index contributed by atoms with van der Waals surface area (Å²) in [7, 11) is 3.18. The number of ether oxygens (including phenoxy) is 2. The Balaban J connectivity index is 1.93. The van der Waals surface area contributed by atoms with Crippen LogP contribution in [0.1, 0.15) is 11.3 Å². The van der Waals surface area contributed by atoms with Crippen LogP contribution >= 0.6 is 11.3 Å². The van der Waals surface area contributed by atoms with Crippen molar-refractivity contribution in [1.82, 2.24) is 14.6 Å². The molecule has 0 aliphatic carbocycles. The third-order valence-corrected chi connectivity index (χ3v) is 3.74. The molecule has 0 amide bonds. The van der Waals surface area contributed by atoms with Gasteiger partial charge in [0.15, 0.2) is 11.5 Å². The summed E-state index contributed by atoms with van der Waals surface area (Å²) in [5.41, 5.74) is 2.90. The van der Waals surface area contributed by atoms with Gasteiger partial charge in [0.05, 0.1) is 19.9 Å². The molecule has 0 fully saturated rings. The van der Waals surface area contributed by atoms with E-state index in [-0.39, 0.29) is 5.56 Å². The zero-order chi connectivity index (χ0) is 15.5. The fourth-order valence-corrected chi connectivity index (χ4v) is 2.63. The molecule has 0 N–H and O–H groups in total. The Kier molecular flexibility index (Phi) is 3.88. The SMILES string of the molecule is COc1ccc(/C=C/c2cc(=O)n3ncsc3n2)cc1OC. The molecule has 0 saturated carbocycles. The summed E-state index contributed by atoms with van der Waals surface area (Å²) in [6.45, 7) is 0. The molecule has 3 rings (SSSR count). The monoisotopic (exact) mass is 315 g/mol. The van der Waals surface area contributed by atoms with Crippen molar-refractivity contribution in [1.29, 1.82) is 0 Å². The van der Waals surface area contributed by atoms with E-state index >= 15 is 0 Å². The molecule has 0 unspecified atom stereocenters. The van der Waals surface area contributed by atoms with Crippen LogP contribution in [0.25, 0.3) is 17.1 Å². The number of methoxy groups -OCH3 is 2. The summed E-state index contributed by atoms with van der Waals surface area (Å²) < 4.78 is 11.7. The molecule has 22 heavy (non-hydrogen) atoms. The van der Waals surface area contributed by atoms with Gasteiger partial charge in [-0.1, -0.05) is 23.5 Å². The van der Waals surface area contributed by atoms with E-state index in [0.29, 0.717) is 22.2 Å². The van der Waals surface area contributed by atoms with E-state index in [4.69, 9.17) is 9.47 Å². The predicted molar refractivity (Wildman–Crippen MR) is 85.6 cm³/mol. The summed E-state index contributed by atoms with van der Waals surface area (Å²) >= 11 is 1.32. The van der Waals surface area contributed by atoms with Crippen LogP contribution in [0, 0.1) is 0 Å². The lowest BCUT2D eigenvalue weighted by Gasteiger charge is -2.07. The second-order valence-corrected chi connectivity index (χ2v) is 5.21. The van der Waals surface area contributed by atoms with Crippen LogP contribution in [0.2, 0.25) is 0 Å². The molecule has 0 bridgehead atoms. The zero-order valence-electron chi connectivity index (χ0n) is 12.0. The van der Waals surface area contributed by atoms with Crippen molar-refractivity contribution in [2.45, 2.75) is 0 Å². The van der Waals surface area contributed by atoms with Crippen LogP contribution in [0.15, 0.2) is 34.6 Å². The Labute approximate surface area is 130 Å². The zero-order valence-corrected chi connectivity index (χ0v) is 12.8. The molecule has 3 aromatic rings. The molecule has 0 radical (unpaired) electrons. The fraction of sp³-hybridized carbons (Fsp3) is 0.133. The Morgan fingerprint density at radius 2 is 1.95 bits per heavy atom. The lowest BCUT2D eigenvalue weighted by atomic mass is 10.1. The number of hydrogen-bond donors (Lipinski definition) is 0. The van der Waals surface area contributed by atoms with Crippen molar-refractivity contribution < 1.29 is 9.47 Å². The van der Waals surface area contributed by atoms with Crippen molar-refractivity contribution in [3.63, 3.8) is 0 Å². The third kappa shape index (κ3) is 2.71. The molecule has 0 saturated heterocycles. The first kappa shape index (κ1) is 14.3. The Hall–Kier alpha value is -2.67. The second-order valence-electron chi connectivity index (χ2n) is 4.40. The first-order chi connectivity index (χ1) is 10.7. The van der Waals surface area contributed by atoms with E-state index in [2.05, 4.69) is 10.1 Å². The van der Waals surface area contributed by atoms with Gasteiger partial charge in [-0.3, -0.25) is 4.79 Å². The van der Waals surface area contributed by atoms with Gasteiger partial charge < -0.3 is 9.47 Å². The van der Waals surface area contributed by atoms with Gasteiger partial charge in [-0.15, -0.1) is 0 Å². The van der Waals surface area contributed by atoms with Gasteiger partial charge >= 0.3 is 0 Å². The summed E-state index contributed by atoms with van der Waals surface area (Å²) in [5.74, 6) is 1.32. The van der Waals surface area contributed by atoms with Crippen LogP contribution in [-0.4, -0.2) is 28.8 Å². The van der Waals surface area contributed by atoms with Crippen molar-refractivity contribution in [2.75, 3.05) is 14.2 Å². The molecule has 2 heterocycles. The Bertz CT molecular complexity index is 898. The van der Waals surface area contributed by atoms with E-state index < -0.39 is 0 Å². The van der Waals surface area contributed by atoms with Crippen LogP contribution in [0.4, 0.5) is 0 Å². The van der Waals surface area contributed by atoms with E-state index in [1.54, 1.807) is 25.8 Å². The quantitative estimate of drug-likeness (QED) is 0.739. The van der Waals surface area contributed by atoms with Gasteiger partial charge in [-0.2, -0.15) is 9.61 Å². The molecule has 0 atom stereocenters. The Morgan fingerprint density at radius 3 is 2.73 bits per heavy atom. The van der Waals surface area contributed by atoms with Crippen LogP contribution in [0.5, 0.6) is 11.5 Å². The van der Waals surface area contributed by atoms with Crippen molar-refractivity contribution in [3.05, 3.63) is 51.4 Å². The highest BCUT2D eigenvalue weighted by Gasteiger charge is 2.04. The average Bonchev–Trinajstić information content (AvgIpc) is 3.01. The minimum Gasteiger partial charge on any atom is -0.493 e. The summed E-state index contributed by atoms with van der Waals surface area (Å²) in [4.78, 5) is 16.8. The van der Waals surface area contributed by atoms with Gasteiger partial charge in [0, 0.05) is 6.07 Å². The maximum absolute atomic E-state index is 11.9. The highest BCUT2D eigenvalue weighted by molar-refractivity contribution is 7.14. The summed E-state index contributed by atoms with van der Waals surface area (Å²) in [6.07, 6.45) is 3.64. The number of rotatable bonds is 4. The molecule has 112 valence electrons. The standard InChI is InChI=1S/C15H13N3O3S/c1-20-12-6-4-10(7-13(12)21-2)3-5-11-8-14(19)18-15(17-11)22-9-16-18/h3-9H,1-2H3/b5-3+. The minimum atomic E-state index is -0.196. The first-order valence-electron chi connectivity index (χ1n) is 6.45.